The molecule has 3 amide bonds. The van der Waals surface area contributed by atoms with Gasteiger partial charge in [-0.1, -0.05) is 40.0 Å². The molecule has 7 atom stereocenters. The van der Waals surface area contributed by atoms with Crippen molar-refractivity contribution in [2.75, 3.05) is 19.7 Å². The SMILES string of the molecule is CCCNC(=O)[C@@H]1[C@@H]2CC(C)C3(S2)C(C(=O)NC(C)CCC)N(CCCCCCO)C(=O)[C@H]13. The number of carbonyl (C=O) groups excluding carboxylic acids is 3. The molecule has 3 N–H and O–H groups in total. The molecule has 3 aliphatic rings. The Morgan fingerprint density at radius 1 is 1.18 bits per heavy atom. The molecule has 3 rings (SSSR count). The molecule has 4 unspecified atom stereocenters. The van der Waals surface area contributed by atoms with Gasteiger partial charge in [-0.05, 0) is 44.9 Å². The van der Waals surface area contributed by atoms with E-state index in [0.717, 1.165) is 51.4 Å². The van der Waals surface area contributed by atoms with E-state index in [1.807, 2.05) is 18.7 Å². The largest absolute Gasteiger partial charge is 0.396 e. The van der Waals surface area contributed by atoms with Crippen molar-refractivity contribution in [1.29, 1.82) is 0 Å². The zero-order valence-electron chi connectivity index (χ0n) is 20.8. The van der Waals surface area contributed by atoms with Gasteiger partial charge in [0.2, 0.25) is 17.7 Å². The lowest BCUT2D eigenvalue weighted by atomic mass is 9.66. The minimum absolute atomic E-state index is 0.0151. The van der Waals surface area contributed by atoms with E-state index >= 15 is 0 Å². The lowest BCUT2D eigenvalue weighted by Gasteiger charge is -2.39. The molecule has 3 heterocycles. The van der Waals surface area contributed by atoms with Gasteiger partial charge in [-0.25, -0.2) is 0 Å². The van der Waals surface area contributed by atoms with Crippen LogP contribution in [0.3, 0.4) is 0 Å². The molecule has 2 bridgehead atoms. The number of nitrogens with one attached hydrogen (secondary N) is 2. The lowest BCUT2D eigenvalue weighted by molar-refractivity contribution is -0.140. The van der Waals surface area contributed by atoms with E-state index in [-0.39, 0.29) is 47.5 Å². The molecule has 0 radical (unpaired) electrons. The van der Waals surface area contributed by atoms with Gasteiger partial charge in [0.05, 0.1) is 16.6 Å². The van der Waals surface area contributed by atoms with Crippen molar-refractivity contribution in [3.63, 3.8) is 0 Å². The van der Waals surface area contributed by atoms with Crippen LogP contribution in [0.15, 0.2) is 0 Å². The third-order valence-corrected chi connectivity index (χ3v) is 9.84. The number of hydrogen-bond acceptors (Lipinski definition) is 5. The van der Waals surface area contributed by atoms with Gasteiger partial charge in [0, 0.05) is 31.0 Å². The third-order valence-electron chi connectivity index (χ3n) is 7.76. The quantitative estimate of drug-likeness (QED) is 0.351. The first-order valence-corrected chi connectivity index (χ1v) is 13.9. The number of amides is 3. The van der Waals surface area contributed by atoms with Crippen LogP contribution in [0.2, 0.25) is 0 Å². The molecular weight excluding hydrogens is 438 g/mol. The highest BCUT2D eigenvalue weighted by Gasteiger charge is 2.75. The highest BCUT2D eigenvalue weighted by molar-refractivity contribution is 8.02. The second kappa shape index (κ2) is 11.4. The van der Waals surface area contributed by atoms with E-state index < -0.39 is 16.7 Å². The normalized spacial score (nSPS) is 33.3. The molecule has 33 heavy (non-hydrogen) atoms. The smallest absolute Gasteiger partial charge is 0.244 e. The van der Waals surface area contributed by atoms with Gasteiger partial charge in [0.1, 0.15) is 6.04 Å². The molecule has 0 saturated carbocycles. The van der Waals surface area contributed by atoms with Crippen LogP contribution in [0, 0.1) is 17.8 Å². The fraction of sp³-hybridized carbons (Fsp3) is 0.880. The maximum atomic E-state index is 13.9. The highest BCUT2D eigenvalue weighted by Crippen LogP contribution is 2.68. The van der Waals surface area contributed by atoms with Gasteiger partial charge in [-0.15, -0.1) is 11.8 Å². The summed E-state index contributed by atoms with van der Waals surface area (Å²) in [4.78, 5) is 42.5. The Morgan fingerprint density at radius 3 is 2.58 bits per heavy atom. The van der Waals surface area contributed by atoms with Gasteiger partial charge in [-0.2, -0.15) is 0 Å². The molecule has 3 aliphatic heterocycles. The van der Waals surface area contributed by atoms with Crippen LogP contribution < -0.4 is 10.6 Å². The van der Waals surface area contributed by atoms with Crippen LogP contribution in [0.25, 0.3) is 0 Å². The average molecular weight is 482 g/mol. The first kappa shape index (κ1) is 26.3. The molecule has 0 aromatic heterocycles. The number of nitrogens with zero attached hydrogens (tertiary/aromatic N) is 1. The predicted octanol–water partition coefficient (Wildman–Crippen LogP) is 2.71. The number of rotatable bonds is 13. The maximum Gasteiger partial charge on any atom is 0.244 e. The summed E-state index contributed by atoms with van der Waals surface area (Å²) in [6.07, 6.45) is 7.00. The summed E-state index contributed by atoms with van der Waals surface area (Å²) in [5.41, 5.74) is 0. The summed E-state index contributed by atoms with van der Waals surface area (Å²) in [7, 11) is 0. The number of aliphatic hydroxyl groups excluding tert-OH is 1. The molecule has 0 aromatic carbocycles. The van der Waals surface area contributed by atoms with Crippen LogP contribution in [-0.4, -0.2) is 69.5 Å². The summed E-state index contributed by atoms with van der Waals surface area (Å²) >= 11 is 1.74. The number of thioether (sulfide) groups is 1. The second-order valence-corrected chi connectivity index (χ2v) is 11.8. The Hall–Kier alpha value is -1.28. The van der Waals surface area contributed by atoms with E-state index in [0.29, 0.717) is 13.1 Å². The molecule has 3 fully saturated rings. The Kier molecular flexibility index (Phi) is 9.12. The Labute approximate surface area is 203 Å². The van der Waals surface area contributed by atoms with Crippen LogP contribution in [0.5, 0.6) is 0 Å². The summed E-state index contributed by atoms with van der Waals surface area (Å²) in [5, 5.41) is 15.4. The van der Waals surface area contributed by atoms with E-state index in [9.17, 15) is 14.4 Å². The van der Waals surface area contributed by atoms with E-state index in [4.69, 9.17) is 5.11 Å². The summed E-state index contributed by atoms with van der Waals surface area (Å²) in [6, 6.07) is -0.469. The van der Waals surface area contributed by atoms with Crippen LogP contribution >= 0.6 is 11.8 Å². The molecule has 188 valence electrons. The summed E-state index contributed by atoms with van der Waals surface area (Å²) in [5.74, 6) is -0.677. The average Bonchev–Trinajstić information content (AvgIpc) is 3.36. The Balaban J connectivity index is 1.88. The number of aliphatic hydroxyl groups is 1. The predicted molar refractivity (Wildman–Crippen MR) is 132 cm³/mol. The minimum atomic E-state index is -0.531. The number of fused-ring (bicyclic) bond motifs is 1. The molecule has 0 aromatic rings. The first-order chi connectivity index (χ1) is 15.8. The Morgan fingerprint density at radius 2 is 1.91 bits per heavy atom. The fourth-order valence-electron chi connectivity index (χ4n) is 6.30. The third kappa shape index (κ3) is 4.93. The molecule has 8 heteroatoms. The summed E-state index contributed by atoms with van der Waals surface area (Å²) < 4.78 is -0.531. The zero-order valence-corrected chi connectivity index (χ0v) is 21.6. The minimum Gasteiger partial charge on any atom is -0.396 e. The summed E-state index contributed by atoms with van der Waals surface area (Å²) in [6.45, 7) is 9.64. The Bertz CT molecular complexity index is 720. The van der Waals surface area contributed by atoms with Crippen molar-refractivity contribution in [2.24, 2.45) is 17.8 Å². The number of carbonyl (C=O) groups is 3. The van der Waals surface area contributed by atoms with Crippen molar-refractivity contribution in [3.8, 4) is 0 Å². The zero-order chi connectivity index (χ0) is 24.2. The molecule has 1 spiro atoms. The number of likely N-dealkylation sites (tertiary alicyclic amines) is 1. The monoisotopic (exact) mass is 481 g/mol. The van der Waals surface area contributed by atoms with E-state index in [1.165, 1.54) is 0 Å². The maximum absolute atomic E-state index is 13.9. The van der Waals surface area contributed by atoms with Crippen molar-refractivity contribution in [3.05, 3.63) is 0 Å². The van der Waals surface area contributed by atoms with Gasteiger partial charge in [-0.3, -0.25) is 14.4 Å². The van der Waals surface area contributed by atoms with Gasteiger partial charge < -0.3 is 20.6 Å². The van der Waals surface area contributed by atoms with Crippen LogP contribution in [0.1, 0.15) is 79.1 Å². The van der Waals surface area contributed by atoms with Gasteiger partial charge >= 0.3 is 0 Å². The van der Waals surface area contributed by atoms with Gasteiger partial charge in [0.25, 0.3) is 0 Å². The van der Waals surface area contributed by atoms with Crippen molar-refractivity contribution >= 4 is 29.5 Å². The fourth-order valence-corrected chi connectivity index (χ4v) is 8.72. The molecular formula is C25H43N3O4S. The topological polar surface area (TPSA) is 98.7 Å². The van der Waals surface area contributed by atoms with Crippen LogP contribution in [0.4, 0.5) is 0 Å². The van der Waals surface area contributed by atoms with Crippen molar-refractivity contribution in [2.45, 2.75) is 101 Å². The standard InChI is InChI=1S/C25H43N3O4S/c1-5-11-17(4)27-23(31)21-25-16(3)15-18(33-25)19(22(30)26-12-6-2)20(25)24(32)28(21)13-9-7-8-10-14-29/h16-21,29H,5-15H2,1-4H3,(H,26,30)(H,27,31)/t16?,17?,18-,19+,20-,21?,25?/m0/s1. The van der Waals surface area contributed by atoms with Gasteiger partial charge in [0.15, 0.2) is 0 Å². The molecule has 0 aliphatic carbocycles. The molecule has 7 nitrogen and oxygen atoms in total. The number of hydrogen-bond donors (Lipinski definition) is 3. The molecule has 3 saturated heterocycles. The van der Waals surface area contributed by atoms with E-state index in [1.54, 1.807) is 11.8 Å². The van der Waals surface area contributed by atoms with Crippen LogP contribution in [-0.2, 0) is 14.4 Å². The van der Waals surface area contributed by atoms with E-state index in [2.05, 4.69) is 24.5 Å². The number of unbranched alkanes of at least 4 members (excludes halogenated alkanes) is 3. The highest BCUT2D eigenvalue weighted by atomic mass is 32.2. The lowest BCUT2D eigenvalue weighted by Crippen LogP contribution is -2.57. The second-order valence-electron chi connectivity index (χ2n) is 10.2. The van der Waals surface area contributed by atoms with Crippen molar-refractivity contribution < 1.29 is 19.5 Å². The first-order valence-electron chi connectivity index (χ1n) is 13.0. The van der Waals surface area contributed by atoms with Crippen molar-refractivity contribution in [1.82, 2.24) is 15.5 Å².